The third kappa shape index (κ3) is 3.74. The second-order valence-electron chi connectivity index (χ2n) is 5.31. The largest absolute Gasteiger partial charge is 0.379 e. The van der Waals surface area contributed by atoms with Gasteiger partial charge in [0.25, 0.3) is 0 Å². The van der Waals surface area contributed by atoms with Crippen LogP contribution in [0.4, 0.5) is 11.4 Å². The van der Waals surface area contributed by atoms with E-state index in [4.69, 9.17) is 5.26 Å². The summed E-state index contributed by atoms with van der Waals surface area (Å²) in [5, 5.41) is 22.9. The van der Waals surface area contributed by atoms with Gasteiger partial charge in [-0.2, -0.15) is 5.26 Å². The minimum absolute atomic E-state index is 0.0840. The minimum atomic E-state index is -0.516. The molecule has 96 valence electrons. The molecule has 0 unspecified atom stereocenters. The first kappa shape index (κ1) is 14.0. The molecular formula is C13H17N3O2. The molecule has 1 N–H and O–H groups in total. The van der Waals surface area contributed by atoms with Crippen molar-refractivity contribution in [2.75, 3.05) is 11.9 Å². The van der Waals surface area contributed by atoms with Crippen molar-refractivity contribution in [1.82, 2.24) is 0 Å². The smallest absolute Gasteiger partial charge is 0.309 e. The predicted molar refractivity (Wildman–Crippen MR) is 70.4 cm³/mol. The average Bonchev–Trinajstić information content (AvgIpc) is 2.26. The number of anilines is 1. The van der Waals surface area contributed by atoms with E-state index < -0.39 is 4.92 Å². The number of para-hydroxylation sites is 1. The number of rotatable bonds is 4. The fourth-order valence-electron chi connectivity index (χ4n) is 1.55. The summed E-state index contributed by atoms with van der Waals surface area (Å²) in [4.78, 5) is 10.5. The van der Waals surface area contributed by atoms with Crippen molar-refractivity contribution in [3.8, 4) is 6.07 Å². The van der Waals surface area contributed by atoms with E-state index >= 15 is 0 Å². The van der Waals surface area contributed by atoms with E-state index in [2.05, 4.69) is 26.1 Å². The predicted octanol–water partition coefficient (Wildman–Crippen LogP) is 3.31. The van der Waals surface area contributed by atoms with Gasteiger partial charge in [0.05, 0.1) is 4.92 Å². The standard InChI is InChI=1S/C13H17N3O2/c1-13(2,3)7-8-15-11-6-4-5-10(9-14)12(11)16(17)18/h4-6,15H,7-8H2,1-3H3. The Kier molecular flexibility index (Phi) is 4.27. The molecule has 0 aliphatic carbocycles. The molecule has 0 fully saturated rings. The molecule has 0 aliphatic heterocycles. The van der Waals surface area contributed by atoms with Gasteiger partial charge < -0.3 is 5.32 Å². The first-order valence-electron chi connectivity index (χ1n) is 5.76. The molecule has 1 aromatic rings. The van der Waals surface area contributed by atoms with Crippen LogP contribution >= 0.6 is 0 Å². The lowest BCUT2D eigenvalue weighted by atomic mass is 9.92. The summed E-state index contributed by atoms with van der Waals surface area (Å²) in [5.41, 5.74) is 0.507. The number of hydrogen-bond donors (Lipinski definition) is 1. The molecule has 0 radical (unpaired) electrons. The number of nitrogens with zero attached hydrogens (tertiary/aromatic N) is 2. The van der Waals surface area contributed by atoms with E-state index in [1.165, 1.54) is 6.07 Å². The Morgan fingerprint density at radius 3 is 2.61 bits per heavy atom. The zero-order chi connectivity index (χ0) is 13.8. The van der Waals surface area contributed by atoms with Gasteiger partial charge in [-0.1, -0.05) is 26.8 Å². The van der Waals surface area contributed by atoms with E-state index in [0.29, 0.717) is 12.2 Å². The summed E-state index contributed by atoms with van der Waals surface area (Å²) in [5.74, 6) is 0. The molecule has 0 amide bonds. The Hall–Kier alpha value is -2.09. The highest BCUT2D eigenvalue weighted by Crippen LogP contribution is 2.28. The van der Waals surface area contributed by atoms with Crippen LogP contribution < -0.4 is 5.32 Å². The summed E-state index contributed by atoms with van der Waals surface area (Å²) in [6.07, 6.45) is 0.890. The monoisotopic (exact) mass is 247 g/mol. The maximum atomic E-state index is 11.0. The second kappa shape index (κ2) is 5.50. The molecule has 5 nitrogen and oxygen atoms in total. The Labute approximate surface area is 107 Å². The summed E-state index contributed by atoms with van der Waals surface area (Å²) in [6.45, 7) is 6.96. The highest BCUT2D eigenvalue weighted by Gasteiger charge is 2.19. The molecule has 1 rings (SSSR count). The first-order valence-corrected chi connectivity index (χ1v) is 5.76. The topological polar surface area (TPSA) is 79.0 Å². The van der Waals surface area contributed by atoms with Crippen molar-refractivity contribution in [1.29, 1.82) is 5.26 Å². The number of nitriles is 1. The Balaban J connectivity index is 2.90. The van der Waals surface area contributed by atoms with Gasteiger partial charge >= 0.3 is 5.69 Å². The van der Waals surface area contributed by atoms with Crippen molar-refractivity contribution in [3.63, 3.8) is 0 Å². The highest BCUT2D eigenvalue weighted by atomic mass is 16.6. The van der Waals surface area contributed by atoms with Crippen molar-refractivity contribution < 1.29 is 4.92 Å². The highest BCUT2D eigenvalue weighted by molar-refractivity contribution is 5.68. The quantitative estimate of drug-likeness (QED) is 0.653. The van der Waals surface area contributed by atoms with Gasteiger partial charge in [-0.3, -0.25) is 10.1 Å². The third-order valence-electron chi connectivity index (χ3n) is 2.53. The van der Waals surface area contributed by atoms with Gasteiger partial charge in [0.2, 0.25) is 0 Å². The van der Waals surface area contributed by atoms with Crippen molar-refractivity contribution >= 4 is 11.4 Å². The molecule has 0 heterocycles. The van der Waals surface area contributed by atoms with Crippen LogP contribution in [0.1, 0.15) is 32.8 Å². The van der Waals surface area contributed by atoms with E-state index in [9.17, 15) is 10.1 Å². The number of benzene rings is 1. The molecule has 1 aromatic carbocycles. The van der Waals surface area contributed by atoms with Crippen LogP contribution in [0.3, 0.4) is 0 Å². The van der Waals surface area contributed by atoms with Gasteiger partial charge in [-0.25, -0.2) is 0 Å². The van der Waals surface area contributed by atoms with E-state index in [1.807, 2.05) is 6.07 Å². The summed E-state index contributed by atoms with van der Waals surface area (Å²) < 4.78 is 0. The summed E-state index contributed by atoms with van der Waals surface area (Å²) in [7, 11) is 0. The van der Waals surface area contributed by atoms with E-state index in [1.54, 1.807) is 12.1 Å². The molecule has 0 saturated carbocycles. The van der Waals surface area contributed by atoms with Crippen LogP contribution in [0.15, 0.2) is 18.2 Å². The van der Waals surface area contributed by atoms with Crippen LogP contribution in [0.5, 0.6) is 0 Å². The number of nitro benzene ring substituents is 1. The lowest BCUT2D eigenvalue weighted by molar-refractivity contribution is -0.384. The van der Waals surface area contributed by atoms with Crippen LogP contribution in [0.25, 0.3) is 0 Å². The third-order valence-corrected chi connectivity index (χ3v) is 2.53. The number of nitro groups is 1. The lowest BCUT2D eigenvalue weighted by Crippen LogP contribution is -2.13. The minimum Gasteiger partial charge on any atom is -0.379 e. The summed E-state index contributed by atoms with van der Waals surface area (Å²) in [6, 6.07) is 6.56. The van der Waals surface area contributed by atoms with Crippen LogP contribution in [0, 0.1) is 26.9 Å². The molecule has 0 bridgehead atoms. The maximum Gasteiger partial charge on any atom is 0.309 e. The SMILES string of the molecule is CC(C)(C)CCNc1cccc(C#N)c1[N+](=O)[O-]. The molecule has 18 heavy (non-hydrogen) atoms. The average molecular weight is 247 g/mol. The Morgan fingerprint density at radius 1 is 1.44 bits per heavy atom. The zero-order valence-corrected chi connectivity index (χ0v) is 10.9. The normalized spacial score (nSPS) is 10.8. The lowest BCUT2D eigenvalue weighted by Gasteiger charge is -2.18. The molecule has 0 atom stereocenters. The van der Waals surface area contributed by atoms with Gasteiger partial charge in [0, 0.05) is 6.54 Å². The first-order chi connectivity index (χ1) is 8.35. The van der Waals surface area contributed by atoms with Crippen molar-refractivity contribution in [2.45, 2.75) is 27.2 Å². The van der Waals surface area contributed by atoms with Gasteiger partial charge in [0.1, 0.15) is 17.3 Å². The van der Waals surface area contributed by atoms with E-state index in [-0.39, 0.29) is 16.7 Å². The Morgan fingerprint density at radius 2 is 2.11 bits per heavy atom. The molecule has 0 aliphatic rings. The zero-order valence-electron chi connectivity index (χ0n) is 10.9. The van der Waals surface area contributed by atoms with Crippen LogP contribution in [-0.4, -0.2) is 11.5 Å². The van der Waals surface area contributed by atoms with Crippen LogP contribution in [-0.2, 0) is 0 Å². The second-order valence-corrected chi connectivity index (χ2v) is 5.31. The molecule has 5 heteroatoms. The van der Waals surface area contributed by atoms with Gasteiger partial charge in [-0.15, -0.1) is 0 Å². The van der Waals surface area contributed by atoms with Crippen LogP contribution in [0.2, 0.25) is 0 Å². The summed E-state index contributed by atoms with van der Waals surface area (Å²) >= 11 is 0. The molecule has 0 aromatic heterocycles. The van der Waals surface area contributed by atoms with Crippen molar-refractivity contribution in [2.24, 2.45) is 5.41 Å². The number of hydrogen-bond acceptors (Lipinski definition) is 4. The molecule has 0 saturated heterocycles. The maximum absolute atomic E-state index is 11.0. The van der Waals surface area contributed by atoms with E-state index in [0.717, 1.165) is 6.42 Å². The molecular weight excluding hydrogens is 230 g/mol. The van der Waals surface area contributed by atoms with Crippen molar-refractivity contribution in [3.05, 3.63) is 33.9 Å². The van der Waals surface area contributed by atoms with Gasteiger partial charge in [-0.05, 0) is 24.0 Å². The fraction of sp³-hybridized carbons (Fsp3) is 0.462. The Bertz CT molecular complexity index is 484. The van der Waals surface area contributed by atoms with Gasteiger partial charge in [0.15, 0.2) is 0 Å². The number of nitrogens with one attached hydrogen (secondary N) is 1. The fourth-order valence-corrected chi connectivity index (χ4v) is 1.55. The molecule has 0 spiro atoms.